The number of anilines is 3. The Morgan fingerprint density at radius 1 is 1.33 bits per heavy atom. The van der Waals surface area contributed by atoms with Crippen LogP contribution in [-0.2, 0) is 14.3 Å². The number of morpholine rings is 1. The summed E-state index contributed by atoms with van der Waals surface area (Å²) >= 11 is 0. The average molecular weight is 488 g/mol. The molecule has 1 aliphatic rings. The molecule has 5 rings (SSSR count). The van der Waals surface area contributed by atoms with Crippen LogP contribution in [0, 0.1) is 11.3 Å². The minimum atomic E-state index is -2.21. The first-order chi connectivity index (χ1) is 17.3. The monoisotopic (exact) mass is 488 g/mol. The summed E-state index contributed by atoms with van der Waals surface area (Å²) < 4.78 is 12.1. The lowest BCUT2D eigenvalue weighted by molar-refractivity contribution is -0.165. The molecule has 2 atom stereocenters. The average Bonchev–Trinajstić information content (AvgIpc) is 3.51. The highest BCUT2D eigenvalue weighted by molar-refractivity contribution is 6.06. The predicted octanol–water partition coefficient (Wildman–Crippen LogP) is 0.984. The van der Waals surface area contributed by atoms with Crippen LogP contribution in [0.4, 0.5) is 17.3 Å². The molecule has 13 heteroatoms. The molecule has 3 aromatic heterocycles. The summed E-state index contributed by atoms with van der Waals surface area (Å²) in [6.07, 6.45) is 1.63. The first-order valence-electron chi connectivity index (χ1n) is 10.8. The molecule has 4 aromatic rings. The van der Waals surface area contributed by atoms with Gasteiger partial charge in [0.25, 0.3) is 11.8 Å². The molecule has 1 saturated heterocycles. The molecule has 1 aliphatic heterocycles. The molecule has 1 aromatic carbocycles. The smallest absolute Gasteiger partial charge is 0.260 e. The molecule has 2 amide bonds. The number of nitriles is 1. The highest BCUT2D eigenvalue weighted by atomic mass is 16.5. The number of nitrogen functional groups attached to an aromatic ring is 1. The van der Waals surface area contributed by atoms with Gasteiger partial charge in [0.2, 0.25) is 0 Å². The van der Waals surface area contributed by atoms with E-state index in [1.165, 1.54) is 28.8 Å². The molecular formula is C23H20N8O5. The zero-order chi connectivity index (χ0) is 25.4. The van der Waals surface area contributed by atoms with Gasteiger partial charge in [-0.25, -0.2) is 9.67 Å². The number of benzene rings is 1. The van der Waals surface area contributed by atoms with E-state index in [4.69, 9.17) is 20.3 Å². The van der Waals surface area contributed by atoms with Crippen molar-refractivity contribution in [3.05, 3.63) is 54.5 Å². The molecule has 0 aliphatic carbocycles. The van der Waals surface area contributed by atoms with Gasteiger partial charge in [-0.3, -0.25) is 14.5 Å². The van der Waals surface area contributed by atoms with Crippen molar-refractivity contribution in [2.75, 3.05) is 29.1 Å². The van der Waals surface area contributed by atoms with E-state index < -0.39 is 23.5 Å². The minimum Gasteiger partial charge on any atom is -0.380 e. The largest absolute Gasteiger partial charge is 0.380 e. The molecule has 182 valence electrons. The second-order valence-corrected chi connectivity index (χ2v) is 8.25. The van der Waals surface area contributed by atoms with Crippen molar-refractivity contribution < 1.29 is 24.0 Å². The number of fused-ring (bicyclic) bond motifs is 1. The van der Waals surface area contributed by atoms with Crippen molar-refractivity contribution in [2.45, 2.75) is 18.6 Å². The van der Waals surface area contributed by atoms with Crippen LogP contribution in [0.5, 0.6) is 0 Å². The van der Waals surface area contributed by atoms with Gasteiger partial charge in [-0.15, -0.1) is 5.10 Å². The number of aromatic nitrogens is 4. The van der Waals surface area contributed by atoms with Gasteiger partial charge in [0.15, 0.2) is 28.9 Å². The summed E-state index contributed by atoms with van der Waals surface area (Å²) in [5.41, 5.74) is 4.98. The number of carbonyl (C=O) groups is 2. The SMILES string of the molecule is CC(O)(C(=O)Nc1ccc2c(N)noc2c1)C1OCCN(c2ccn(-c3ccnc(C#N)c3)n2)C1=O. The van der Waals surface area contributed by atoms with Crippen LogP contribution in [0.25, 0.3) is 16.7 Å². The van der Waals surface area contributed by atoms with Crippen LogP contribution in [0.1, 0.15) is 12.6 Å². The molecule has 0 saturated carbocycles. The Morgan fingerprint density at radius 2 is 2.17 bits per heavy atom. The number of pyridine rings is 1. The van der Waals surface area contributed by atoms with Gasteiger partial charge in [0.1, 0.15) is 11.8 Å². The van der Waals surface area contributed by atoms with E-state index in [1.54, 1.807) is 36.5 Å². The first kappa shape index (κ1) is 23.0. The van der Waals surface area contributed by atoms with Crippen molar-refractivity contribution in [1.29, 1.82) is 5.26 Å². The van der Waals surface area contributed by atoms with E-state index in [-0.39, 0.29) is 24.7 Å². The molecule has 1 fully saturated rings. The molecule has 13 nitrogen and oxygen atoms in total. The van der Waals surface area contributed by atoms with Gasteiger partial charge >= 0.3 is 0 Å². The number of carbonyl (C=O) groups excluding carboxylic acids is 2. The van der Waals surface area contributed by atoms with E-state index in [0.29, 0.717) is 28.2 Å². The minimum absolute atomic E-state index is 0.0732. The fourth-order valence-electron chi connectivity index (χ4n) is 3.85. The molecule has 0 spiro atoms. The van der Waals surface area contributed by atoms with E-state index >= 15 is 0 Å². The lowest BCUT2D eigenvalue weighted by Gasteiger charge is -2.37. The Kier molecular flexibility index (Phi) is 5.59. The summed E-state index contributed by atoms with van der Waals surface area (Å²) in [6.45, 7) is 1.45. The topological polar surface area (TPSA) is 185 Å². The fraction of sp³-hybridized carbons (Fsp3) is 0.217. The van der Waals surface area contributed by atoms with Crippen molar-refractivity contribution in [1.82, 2.24) is 19.9 Å². The van der Waals surface area contributed by atoms with Gasteiger partial charge in [-0.1, -0.05) is 5.16 Å². The number of amides is 2. The van der Waals surface area contributed by atoms with Gasteiger partial charge in [0.05, 0.1) is 24.2 Å². The molecular weight excluding hydrogens is 468 g/mol. The standard InChI is InChI=1S/C23H20N8O5/c1-23(34,22(33)27-13-2-3-16-17(11-13)36-29-20(16)25)19-21(32)30(8-9-35-19)18-5-7-31(28-18)15-4-6-26-14(10-15)12-24/h2-7,10-11,19,34H,8-9H2,1H3,(H2,25,29)(H,27,33). The fourth-order valence-corrected chi connectivity index (χ4v) is 3.85. The van der Waals surface area contributed by atoms with Crippen molar-refractivity contribution in [2.24, 2.45) is 0 Å². The van der Waals surface area contributed by atoms with E-state index in [1.807, 2.05) is 6.07 Å². The van der Waals surface area contributed by atoms with Gasteiger partial charge in [-0.2, -0.15) is 5.26 Å². The van der Waals surface area contributed by atoms with Gasteiger partial charge in [-0.05, 0) is 25.1 Å². The molecule has 4 heterocycles. The van der Waals surface area contributed by atoms with Crippen LogP contribution < -0.4 is 16.0 Å². The second kappa shape index (κ2) is 8.77. The number of hydrogen-bond acceptors (Lipinski definition) is 10. The zero-order valence-electron chi connectivity index (χ0n) is 19.0. The third-order valence-corrected chi connectivity index (χ3v) is 5.79. The zero-order valence-corrected chi connectivity index (χ0v) is 19.0. The Bertz CT molecular complexity index is 1520. The van der Waals surface area contributed by atoms with Crippen molar-refractivity contribution in [3.63, 3.8) is 0 Å². The van der Waals surface area contributed by atoms with Crippen molar-refractivity contribution >= 4 is 40.1 Å². The maximum atomic E-state index is 13.3. The van der Waals surface area contributed by atoms with Gasteiger partial charge < -0.3 is 25.4 Å². The summed E-state index contributed by atoms with van der Waals surface area (Å²) in [7, 11) is 0. The van der Waals surface area contributed by atoms with Crippen LogP contribution in [0.2, 0.25) is 0 Å². The Hall–Kier alpha value is -4.80. The van der Waals surface area contributed by atoms with Crippen molar-refractivity contribution in [3.8, 4) is 11.8 Å². The Balaban J connectivity index is 1.34. The highest BCUT2D eigenvalue weighted by Gasteiger charge is 2.48. The van der Waals surface area contributed by atoms with Crippen LogP contribution >= 0.6 is 0 Å². The third-order valence-electron chi connectivity index (χ3n) is 5.79. The Labute approximate surface area is 203 Å². The van der Waals surface area contributed by atoms with Gasteiger partial charge in [0, 0.05) is 36.3 Å². The number of ether oxygens (including phenoxy) is 1. The highest BCUT2D eigenvalue weighted by Crippen LogP contribution is 2.27. The predicted molar refractivity (Wildman–Crippen MR) is 126 cm³/mol. The second-order valence-electron chi connectivity index (χ2n) is 8.25. The third kappa shape index (κ3) is 4.00. The van der Waals surface area contributed by atoms with E-state index in [0.717, 1.165) is 0 Å². The quantitative estimate of drug-likeness (QED) is 0.366. The number of nitrogens with zero attached hydrogens (tertiary/aromatic N) is 6. The number of hydrogen-bond donors (Lipinski definition) is 3. The maximum Gasteiger partial charge on any atom is 0.260 e. The number of nitrogens with one attached hydrogen (secondary N) is 1. The number of rotatable bonds is 5. The lowest BCUT2D eigenvalue weighted by atomic mass is 9.95. The maximum absolute atomic E-state index is 13.3. The van der Waals surface area contributed by atoms with E-state index in [2.05, 4.69) is 20.6 Å². The molecule has 0 bridgehead atoms. The summed E-state index contributed by atoms with van der Waals surface area (Å²) in [5, 5.41) is 31.3. The summed E-state index contributed by atoms with van der Waals surface area (Å²) in [6, 6.07) is 11.5. The number of aliphatic hydroxyl groups is 1. The Morgan fingerprint density at radius 3 is 2.97 bits per heavy atom. The number of nitrogens with two attached hydrogens (primary N) is 1. The normalized spacial score (nSPS) is 17.5. The summed E-state index contributed by atoms with van der Waals surface area (Å²) in [5.74, 6) is -0.959. The van der Waals surface area contributed by atoms with Crippen LogP contribution in [0.15, 0.2) is 53.3 Å². The van der Waals surface area contributed by atoms with Crippen LogP contribution in [0.3, 0.4) is 0 Å². The summed E-state index contributed by atoms with van der Waals surface area (Å²) in [4.78, 5) is 31.5. The van der Waals surface area contributed by atoms with Crippen LogP contribution in [-0.4, -0.2) is 61.7 Å². The molecule has 4 N–H and O–H groups in total. The first-order valence-corrected chi connectivity index (χ1v) is 10.8. The molecule has 2 unspecified atom stereocenters. The molecule has 0 radical (unpaired) electrons. The van der Waals surface area contributed by atoms with E-state index in [9.17, 15) is 14.7 Å². The molecule has 36 heavy (non-hydrogen) atoms. The lowest BCUT2D eigenvalue weighted by Crippen LogP contribution is -2.61.